The molecule has 2 aromatic rings. The molecule has 8 nitrogen and oxygen atoms in total. The van der Waals surface area contributed by atoms with E-state index in [1.807, 2.05) is 0 Å². The van der Waals surface area contributed by atoms with Gasteiger partial charge in [0.2, 0.25) is 0 Å². The summed E-state index contributed by atoms with van der Waals surface area (Å²) in [6.07, 6.45) is 0.714. The zero-order valence-corrected chi connectivity index (χ0v) is 19.0. The predicted octanol–water partition coefficient (Wildman–Crippen LogP) is 2.77. The highest BCUT2D eigenvalue weighted by atomic mass is 32.1. The van der Waals surface area contributed by atoms with Gasteiger partial charge in [-0.3, -0.25) is 9.69 Å². The molecule has 34 heavy (non-hydrogen) atoms. The summed E-state index contributed by atoms with van der Waals surface area (Å²) in [6.45, 7) is 0.521. The molecule has 0 spiro atoms. The highest BCUT2D eigenvalue weighted by molar-refractivity contribution is 7.11. The van der Waals surface area contributed by atoms with Crippen molar-refractivity contribution in [2.75, 3.05) is 20.2 Å². The number of aliphatic carboxylic acids is 1. The predicted molar refractivity (Wildman–Crippen MR) is 117 cm³/mol. The van der Waals surface area contributed by atoms with Crippen molar-refractivity contribution in [2.24, 2.45) is 4.99 Å². The molecular formula is C22H21F3N4O4S. The van der Waals surface area contributed by atoms with Gasteiger partial charge in [0.05, 0.1) is 19.2 Å². The Labute approximate surface area is 196 Å². The number of rotatable bonds is 6. The van der Waals surface area contributed by atoms with Gasteiger partial charge in [0.15, 0.2) is 10.8 Å². The van der Waals surface area contributed by atoms with E-state index in [0.717, 1.165) is 4.90 Å². The molecule has 1 aromatic heterocycles. The van der Waals surface area contributed by atoms with E-state index in [1.54, 1.807) is 18.5 Å². The Bertz CT molecular complexity index is 1170. The fourth-order valence-electron chi connectivity index (χ4n) is 4.27. The molecule has 1 fully saturated rings. The normalized spacial score (nSPS) is 24.5. The minimum atomic E-state index is -3.20. The van der Waals surface area contributed by atoms with Crippen LogP contribution in [0.4, 0.5) is 13.2 Å². The highest BCUT2D eigenvalue weighted by Crippen LogP contribution is 2.40. The van der Waals surface area contributed by atoms with Crippen LogP contribution in [0.3, 0.4) is 0 Å². The second kappa shape index (κ2) is 8.84. The molecule has 2 atom stereocenters. The molecule has 2 aliphatic rings. The third-order valence-corrected chi connectivity index (χ3v) is 6.62. The number of amidine groups is 1. The zero-order chi connectivity index (χ0) is 24.7. The number of nitrogens with one attached hydrogen (secondary N) is 1. The highest BCUT2D eigenvalue weighted by Gasteiger charge is 2.50. The van der Waals surface area contributed by atoms with Crippen molar-refractivity contribution in [2.45, 2.75) is 30.8 Å². The minimum absolute atomic E-state index is 0.00118. The van der Waals surface area contributed by atoms with Crippen molar-refractivity contribution in [3.63, 3.8) is 0 Å². The number of hydrogen-bond donors (Lipinski definition) is 2. The van der Waals surface area contributed by atoms with E-state index < -0.39 is 48.2 Å². The maximum absolute atomic E-state index is 14.1. The molecule has 1 aromatic carbocycles. The van der Waals surface area contributed by atoms with Gasteiger partial charge in [-0.25, -0.2) is 27.9 Å². The van der Waals surface area contributed by atoms with E-state index in [1.165, 1.54) is 42.7 Å². The minimum Gasteiger partial charge on any atom is -0.480 e. The fraction of sp³-hybridized carbons (Fsp3) is 0.364. The van der Waals surface area contributed by atoms with E-state index in [-0.39, 0.29) is 23.7 Å². The molecule has 180 valence electrons. The first-order chi connectivity index (χ1) is 16.0. The van der Waals surface area contributed by atoms with Crippen molar-refractivity contribution in [3.05, 3.63) is 63.5 Å². The summed E-state index contributed by atoms with van der Waals surface area (Å²) in [4.78, 5) is 34.7. The summed E-state index contributed by atoms with van der Waals surface area (Å²) in [5.74, 6) is -5.59. The molecule has 2 aliphatic heterocycles. The molecule has 3 heterocycles. The maximum Gasteiger partial charge on any atom is 0.338 e. The maximum atomic E-state index is 14.1. The lowest BCUT2D eigenvalue weighted by atomic mass is 9.82. The molecule has 1 saturated heterocycles. The van der Waals surface area contributed by atoms with Crippen molar-refractivity contribution in [1.29, 1.82) is 0 Å². The average molecular weight is 494 g/mol. The number of aliphatic imine (C=N–C) groups is 1. The van der Waals surface area contributed by atoms with E-state index in [0.29, 0.717) is 10.6 Å². The first-order valence-corrected chi connectivity index (χ1v) is 11.1. The largest absolute Gasteiger partial charge is 0.480 e. The van der Waals surface area contributed by atoms with Gasteiger partial charge in [0.25, 0.3) is 5.92 Å². The van der Waals surface area contributed by atoms with Gasteiger partial charge in [-0.2, -0.15) is 0 Å². The number of halogens is 3. The lowest BCUT2D eigenvalue weighted by Crippen LogP contribution is -2.46. The number of ether oxygens (including phenoxy) is 1. The van der Waals surface area contributed by atoms with Gasteiger partial charge in [-0.05, 0) is 24.6 Å². The molecule has 0 radical (unpaired) electrons. The molecule has 0 bridgehead atoms. The van der Waals surface area contributed by atoms with Crippen LogP contribution in [-0.2, 0) is 19.9 Å². The number of carboxylic acid groups (broad SMARTS) is 1. The van der Waals surface area contributed by atoms with Crippen molar-refractivity contribution in [3.8, 4) is 0 Å². The van der Waals surface area contributed by atoms with Gasteiger partial charge in [-0.15, -0.1) is 11.3 Å². The molecule has 0 amide bonds. The first kappa shape index (κ1) is 23.9. The summed E-state index contributed by atoms with van der Waals surface area (Å²) in [7, 11) is 1.17. The van der Waals surface area contributed by atoms with Crippen LogP contribution in [0.15, 0.2) is 52.1 Å². The molecule has 2 N–H and O–H groups in total. The smallest absolute Gasteiger partial charge is 0.338 e. The number of methoxy groups -OCH3 is 1. The second-order valence-electron chi connectivity index (χ2n) is 8.17. The van der Waals surface area contributed by atoms with Crippen LogP contribution >= 0.6 is 11.3 Å². The monoisotopic (exact) mass is 494 g/mol. The van der Waals surface area contributed by atoms with Crippen LogP contribution < -0.4 is 5.32 Å². The number of nitrogens with zero attached hydrogens (tertiary/aromatic N) is 3. The van der Waals surface area contributed by atoms with E-state index in [4.69, 9.17) is 9.73 Å². The van der Waals surface area contributed by atoms with Crippen molar-refractivity contribution in [1.82, 2.24) is 15.2 Å². The number of alkyl halides is 2. The molecule has 12 heteroatoms. The Hall–Kier alpha value is -3.25. The first-order valence-electron chi connectivity index (χ1n) is 10.2. The Morgan fingerprint density at radius 1 is 1.32 bits per heavy atom. The number of benzene rings is 1. The summed E-state index contributed by atoms with van der Waals surface area (Å²) in [6, 6.07) is 3.93. The topological polar surface area (TPSA) is 104 Å². The molecule has 0 aliphatic carbocycles. The average Bonchev–Trinajstić information content (AvgIpc) is 3.41. The number of esters is 1. The van der Waals surface area contributed by atoms with Crippen molar-refractivity contribution >= 4 is 29.1 Å². The van der Waals surface area contributed by atoms with E-state index in [9.17, 15) is 27.9 Å². The zero-order valence-electron chi connectivity index (χ0n) is 18.2. The van der Waals surface area contributed by atoms with Gasteiger partial charge < -0.3 is 15.2 Å². The van der Waals surface area contributed by atoms with Crippen LogP contribution in [0, 0.1) is 5.82 Å². The SMILES string of the molecule is COC(=O)C1=C(CN2CC(F)(F)C[C@H]2C(=O)O)NC(c2nccs2)=NC1(C)c1ccc(F)cc1. The molecular weight excluding hydrogens is 473 g/mol. The summed E-state index contributed by atoms with van der Waals surface area (Å²) < 4.78 is 46.9. The lowest BCUT2D eigenvalue weighted by molar-refractivity contribution is -0.142. The molecule has 4 rings (SSSR count). The fourth-order valence-corrected chi connectivity index (χ4v) is 4.85. The van der Waals surface area contributed by atoms with Gasteiger partial charge >= 0.3 is 11.9 Å². The Morgan fingerprint density at radius 2 is 2.03 bits per heavy atom. The Balaban J connectivity index is 1.86. The Morgan fingerprint density at radius 3 is 2.62 bits per heavy atom. The van der Waals surface area contributed by atoms with Crippen LogP contribution in [-0.4, -0.2) is 64.9 Å². The second-order valence-corrected chi connectivity index (χ2v) is 9.06. The number of hydrogen-bond acceptors (Lipinski definition) is 8. The standard InChI is InChI=1S/C22H21F3N4O4S/c1-21(12-3-5-13(23)6-4-12)16(20(32)33-2)14(27-17(28-21)18-26-7-8-34-18)10-29-11-22(24,25)9-15(29)19(30)31/h3-8,15H,9-11H2,1-2H3,(H,27,28)(H,30,31)/t15-,21?/m0/s1. The summed E-state index contributed by atoms with van der Waals surface area (Å²) in [5.41, 5.74) is -0.795. The molecule has 1 unspecified atom stereocenters. The third-order valence-electron chi connectivity index (χ3n) is 5.84. The third kappa shape index (κ3) is 4.42. The van der Waals surface area contributed by atoms with Gasteiger partial charge in [-0.1, -0.05) is 12.1 Å². The number of likely N-dealkylation sites (tertiary alicyclic amines) is 1. The van der Waals surface area contributed by atoms with Crippen molar-refractivity contribution < 1.29 is 32.6 Å². The number of thiazole rings is 1. The number of aromatic nitrogens is 1. The number of carbonyl (C=O) groups excluding carboxylic acids is 1. The number of carboxylic acids is 1. The summed E-state index contributed by atoms with van der Waals surface area (Å²) in [5, 5.41) is 14.7. The van der Waals surface area contributed by atoms with Crippen LogP contribution in [0.25, 0.3) is 0 Å². The van der Waals surface area contributed by atoms with Crippen LogP contribution in [0.1, 0.15) is 23.9 Å². The van der Waals surface area contributed by atoms with E-state index >= 15 is 0 Å². The van der Waals surface area contributed by atoms with Crippen LogP contribution in [0.5, 0.6) is 0 Å². The lowest BCUT2D eigenvalue weighted by Gasteiger charge is -2.36. The molecule has 0 saturated carbocycles. The van der Waals surface area contributed by atoms with Gasteiger partial charge in [0.1, 0.15) is 17.4 Å². The van der Waals surface area contributed by atoms with E-state index in [2.05, 4.69) is 10.3 Å². The quantitative estimate of drug-likeness (QED) is 0.595. The van der Waals surface area contributed by atoms with Crippen LogP contribution in [0.2, 0.25) is 0 Å². The Kier molecular flexibility index (Phi) is 6.21. The van der Waals surface area contributed by atoms with Gasteiger partial charge in [0, 0.05) is 30.2 Å². The number of carbonyl (C=O) groups is 2. The summed E-state index contributed by atoms with van der Waals surface area (Å²) >= 11 is 1.26.